The molecule has 1 aliphatic heterocycles. The van der Waals surface area contributed by atoms with Crippen LogP contribution in [-0.2, 0) is 4.84 Å². The minimum atomic E-state index is -0.582. The quantitative estimate of drug-likeness (QED) is 0.839. The summed E-state index contributed by atoms with van der Waals surface area (Å²) in [6.07, 6.45) is 0. The number of rotatable bonds is 5. The van der Waals surface area contributed by atoms with Gasteiger partial charge < -0.3 is 14.6 Å². The minimum absolute atomic E-state index is 0.149. The van der Waals surface area contributed by atoms with E-state index in [0.29, 0.717) is 27.3 Å². The Balaban J connectivity index is 2.26. The minimum Gasteiger partial charge on any atom is -0.496 e. The molecule has 1 aliphatic rings. The van der Waals surface area contributed by atoms with Gasteiger partial charge in [-0.25, -0.2) is 0 Å². The molecule has 120 valence electrons. The third-order valence-electron chi connectivity index (χ3n) is 3.65. The van der Waals surface area contributed by atoms with Crippen LogP contribution in [0.4, 0.5) is 0 Å². The monoisotopic (exact) mass is 317 g/mol. The molecule has 2 aromatic rings. The zero-order valence-electron chi connectivity index (χ0n) is 12.7. The molecule has 23 heavy (non-hydrogen) atoms. The Bertz CT molecular complexity index is 801. The molecule has 0 unspecified atom stereocenters. The highest BCUT2D eigenvalue weighted by molar-refractivity contribution is 6.27. The number of benzene rings is 2. The van der Waals surface area contributed by atoms with Crippen molar-refractivity contribution in [3.05, 3.63) is 35.4 Å². The van der Waals surface area contributed by atoms with Gasteiger partial charge in [0.15, 0.2) is 0 Å². The van der Waals surface area contributed by atoms with Crippen LogP contribution in [0.3, 0.4) is 0 Å². The van der Waals surface area contributed by atoms with E-state index in [9.17, 15) is 9.59 Å². The van der Waals surface area contributed by atoms with Crippen LogP contribution in [0.2, 0.25) is 0 Å². The Morgan fingerprint density at radius 1 is 1.09 bits per heavy atom. The normalized spacial score (nSPS) is 13.6. The van der Waals surface area contributed by atoms with E-state index < -0.39 is 11.8 Å². The second-order valence-corrected chi connectivity index (χ2v) is 4.85. The van der Waals surface area contributed by atoms with Gasteiger partial charge >= 0.3 is 0 Å². The van der Waals surface area contributed by atoms with Crippen molar-refractivity contribution >= 4 is 22.6 Å². The molecule has 1 N–H and O–H groups in total. The lowest BCUT2D eigenvalue weighted by Gasteiger charge is -2.12. The Morgan fingerprint density at radius 3 is 2.48 bits per heavy atom. The number of fused-ring (bicyclic) bond motifs is 3. The Labute approximate surface area is 131 Å². The maximum absolute atomic E-state index is 12.5. The molecule has 0 saturated carbocycles. The van der Waals surface area contributed by atoms with Crippen molar-refractivity contribution in [2.45, 2.75) is 0 Å². The molecule has 0 bridgehead atoms. The first-order valence-electron chi connectivity index (χ1n) is 6.94. The maximum Gasteiger partial charge on any atom is 0.286 e. The average molecular weight is 317 g/mol. The fourth-order valence-electron chi connectivity index (χ4n) is 2.70. The number of hydroxylamine groups is 2. The van der Waals surface area contributed by atoms with Crippen molar-refractivity contribution < 1.29 is 29.0 Å². The fourth-order valence-corrected chi connectivity index (χ4v) is 2.70. The largest absolute Gasteiger partial charge is 0.496 e. The molecule has 2 aromatic carbocycles. The van der Waals surface area contributed by atoms with E-state index >= 15 is 0 Å². The van der Waals surface area contributed by atoms with Gasteiger partial charge in [-0.1, -0.05) is 12.1 Å². The standard InChI is InChI=1S/C16H15NO6/c1-21-11-5-3-4-9-13-10(8-12(22-2)14(9)11)15(19)17(16(13)20)23-7-6-18/h3-5,8,18H,6-7H2,1-2H3. The molecule has 1 heterocycles. The zero-order valence-corrected chi connectivity index (χ0v) is 12.7. The third-order valence-corrected chi connectivity index (χ3v) is 3.65. The predicted molar refractivity (Wildman–Crippen MR) is 80.6 cm³/mol. The predicted octanol–water partition coefficient (Wildman–Crippen LogP) is 1.38. The molecule has 0 atom stereocenters. The number of methoxy groups -OCH3 is 2. The number of hydrogen-bond acceptors (Lipinski definition) is 6. The average Bonchev–Trinajstić information content (AvgIpc) is 2.82. The molecule has 0 saturated heterocycles. The van der Waals surface area contributed by atoms with Crippen molar-refractivity contribution in [3.63, 3.8) is 0 Å². The highest BCUT2D eigenvalue weighted by atomic mass is 16.7. The zero-order chi connectivity index (χ0) is 16.6. The van der Waals surface area contributed by atoms with Crippen LogP contribution in [0.25, 0.3) is 10.8 Å². The summed E-state index contributed by atoms with van der Waals surface area (Å²) in [5.41, 5.74) is 0.438. The lowest BCUT2D eigenvalue weighted by Crippen LogP contribution is -2.31. The molecule has 7 nitrogen and oxygen atoms in total. The Hall–Kier alpha value is -2.64. The molecular weight excluding hydrogens is 302 g/mol. The summed E-state index contributed by atoms with van der Waals surface area (Å²) in [6.45, 7) is -0.449. The van der Waals surface area contributed by atoms with E-state index in [-0.39, 0.29) is 24.3 Å². The highest BCUT2D eigenvalue weighted by Crippen LogP contribution is 2.40. The van der Waals surface area contributed by atoms with E-state index in [1.54, 1.807) is 18.2 Å². The van der Waals surface area contributed by atoms with Gasteiger partial charge in [-0.15, -0.1) is 5.06 Å². The van der Waals surface area contributed by atoms with Crippen LogP contribution in [0.15, 0.2) is 24.3 Å². The van der Waals surface area contributed by atoms with Gasteiger partial charge in [0, 0.05) is 5.39 Å². The molecule has 0 radical (unpaired) electrons. The van der Waals surface area contributed by atoms with E-state index in [2.05, 4.69) is 0 Å². The van der Waals surface area contributed by atoms with Crippen LogP contribution in [0, 0.1) is 0 Å². The van der Waals surface area contributed by atoms with Gasteiger partial charge in [0.1, 0.15) is 11.5 Å². The van der Waals surface area contributed by atoms with Crippen molar-refractivity contribution in [2.75, 3.05) is 27.4 Å². The molecule has 0 aliphatic carbocycles. The van der Waals surface area contributed by atoms with E-state index in [1.165, 1.54) is 20.3 Å². The van der Waals surface area contributed by atoms with Gasteiger partial charge in [-0.2, -0.15) is 0 Å². The first-order valence-corrected chi connectivity index (χ1v) is 6.94. The van der Waals surface area contributed by atoms with Gasteiger partial charge in [-0.05, 0) is 12.1 Å². The SMILES string of the molecule is COc1cccc2c3c(cc(OC)c12)C(=O)N(OCCO)C3=O. The van der Waals surface area contributed by atoms with E-state index in [1.807, 2.05) is 0 Å². The summed E-state index contributed by atoms with van der Waals surface area (Å²) < 4.78 is 10.7. The number of ether oxygens (including phenoxy) is 2. The summed E-state index contributed by atoms with van der Waals surface area (Å²) in [4.78, 5) is 30.0. The van der Waals surface area contributed by atoms with Crippen molar-refractivity contribution in [1.82, 2.24) is 5.06 Å². The third kappa shape index (κ3) is 2.21. The molecule has 0 spiro atoms. The van der Waals surface area contributed by atoms with Crippen molar-refractivity contribution in [2.24, 2.45) is 0 Å². The number of carbonyl (C=O) groups excluding carboxylic acids is 2. The van der Waals surface area contributed by atoms with Crippen LogP contribution in [0.1, 0.15) is 20.7 Å². The van der Waals surface area contributed by atoms with Crippen LogP contribution >= 0.6 is 0 Å². The van der Waals surface area contributed by atoms with Crippen LogP contribution in [0.5, 0.6) is 11.5 Å². The fraction of sp³-hybridized carbons (Fsp3) is 0.250. The highest BCUT2D eigenvalue weighted by Gasteiger charge is 2.39. The summed E-state index contributed by atoms with van der Waals surface area (Å²) in [7, 11) is 3.00. The Morgan fingerprint density at radius 2 is 1.83 bits per heavy atom. The molecule has 7 heteroatoms. The second kappa shape index (κ2) is 5.86. The Kier molecular flexibility index (Phi) is 3.89. The van der Waals surface area contributed by atoms with Crippen molar-refractivity contribution in [1.29, 1.82) is 0 Å². The summed E-state index contributed by atoms with van der Waals surface area (Å²) in [6, 6.07) is 6.71. The second-order valence-electron chi connectivity index (χ2n) is 4.85. The number of amides is 2. The molecule has 0 fully saturated rings. The maximum atomic E-state index is 12.5. The van der Waals surface area contributed by atoms with Crippen LogP contribution in [-0.4, -0.2) is 49.4 Å². The molecule has 0 aromatic heterocycles. The number of hydrogen-bond donors (Lipinski definition) is 1. The van der Waals surface area contributed by atoms with Crippen molar-refractivity contribution in [3.8, 4) is 11.5 Å². The van der Waals surface area contributed by atoms with E-state index in [0.717, 1.165) is 0 Å². The summed E-state index contributed by atoms with van der Waals surface area (Å²) >= 11 is 0. The van der Waals surface area contributed by atoms with Crippen LogP contribution < -0.4 is 9.47 Å². The summed E-state index contributed by atoms with van der Waals surface area (Å²) in [5.74, 6) is -0.181. The lowest BCUT2D eigenvalue weighted by molar-refractivity contribution is -0.0994. The van der Waals surface area contributed by atoms with Gasteiger partial charge in [0.05, 0.1) is 43.9 Å². The molecular formula is C16H15NO6. The summed E-state index contributed by atoms with van der Waals surface area (Å²) in [5, 5.41) is 10.7. The first kappa shape index (κ1) is 15.3. The van der Waals surface area contributed by atoms with Gasteiger partial charge in [0.2, 0.25) is 0 Å². The molecule has 2 amide bonds. The number of carbonyl (C=O) groups is 2. The number of aliphatic hydroxyl groups is 1. The number of imide groups is 1. The topological polar surface area (TPSA) is 85.3 Å². The molecule has 3 rings (SSSR count). The number of aliphatic hydroxyl groups excluding tert-OH is 1. The van der Waals surface area contributed by atoms with E-state index in [4.69, 9.17) is 19.4 Å². The first-order chi connectivity index (χ1) is 11.1. The van der Waals surface area contributed by atoms with Gasteiger partial charge in [-0.3, -0.25) is 14.4 Å². The lowest BCUT2D eigenvalue weighted by atomic mass is 9.98. The smallest absolute Gasteiger partial charge is 0.286 e. The number of nitrogens with zero attached hydrogens (tertiary/aromatic N) is 1. The van der Waals surface area contributed by atoms with Gasteiger partial charge in [0.25, 0.3) is 11.8 Å².